The van der Waals surface area contributed by atoms with E-state index in [1.165, 1.54) is 20.8 Å². The predicted octanol–water partition coefficient (Wildman–Crippen LogP) is 3.53. The number of rotatable bonds is 3. The van der Waals surface area contributed by atoms with Crippen LogP contribution in [0.2, 0.25) is 0 Å². The van der Waals surface area contributed by atoms with E-state index in [4.69, 9.17) is 0 Å². The van der Waals surface area contributed by atoms with Crippen molar-refractivity contribution in [1.82, 2.24) is 0 Å². The van der Waals surface area contributed by atoms with Crippen LogP contribution in [-0.4, -0.2) is 25.4 Å². The van der Waals surface area contributed by atoms with E-state index >= 15 is 0 Å². The van der Waals surface area contributed by atoms with Gasteiger partial charge in [0.2, 0.25) is 0 Å². The van der Waals surface area contributed by atoms with E-state index < -0.39 is 35.3 Å². The first-order valence-corrected chi connectivity index (χ1v) is 6.12. The third-order valence-corrected chi connectivity index (χ3v) is 2.45. The second-order valence-electron chi connectivity index (χ2n) is 3.89. The fraction of sp³-hybridized carbons (Fsp3) is 0.385. The number of hydrogen-bond donors (Lipinski definition) is 0. The van der Waals surface area contributed by atoms with E-state index in [0.29, 0.717) is 6.07 Å². The zero-order valence-electron chi connectivity index (χ0n) is 11.7. The van der Waals surface area contributed by atoms with Crippen LogP contribution in [0.3, 0.4) is 0 Å². The molecule has 21 heavy (non-hydrogen) atoms. The number of halogens is 3. The second-order valence-corrected chi connectivity index (χ2v) is 3.89. The van der Waals surface area contributed by atoms with E-state index in [-0.39, 0.29) is 23.7 Å². The molecule has 0 heterocycles. The molecule has 5 nitrogen and oxygen atoms in total. The monoisotopic (exact) mass is 305 g/mol. The van der Waals surface area contributed by atoms with Gasteiger partial charge < -0.3 is 9.47 Å². The summed E-state index contributed by atoms with van der Waals surface area (Å²) < 4.78 is 49.6. The fourth-order valence-corrected chi connectivity index (χ4v) is 1.61. The molecule has 0 saturated carbocycles. The Labute approximate surface area is 119 Å². The highest BCUT2D eigenvalue weighted by Crippen LogP contribution is 2.29. The highest BCUT2D eigenvalue weighted by atomic mass is 19.2. The smallest absolute Gasteiger partial charge is 0.424 e. The van der Waals surface area contributed by atoms with E-state index in [0.717, 1.165) is 0 Å². The molecular weight excluding hydrogens is 291 g/mol. The quantitative estimate of drug-likeness (QED) is 0.802. The predicted molar refractivity (Wildman–Crippen MR) is 67.6 cm³/mol. The lowest BCUT2D eigenvalue weighted by Gasteiger charge is -2.21. The van der Waals surface area contributed by atoms with Crippen LogP contribution in [0.5, 0.6) is 0 Å². The van der Waals surface area contributed by atoms with Crippen LogP contribution < -0.4 is 4.90 Å². The molecule has 0 atom stereocenters. The minimum absolute atomic E-state index is 0.0981. The van der Waals surface area contributed by atoms with Crippen LogP contribution in [0.4, 0.5) is 28.4 Å². The average Bonchev–Trinajstić information content (AvgIpc) is 2.41. The number of carbonyl (C=O) groups is 2. The number of hydrogen-bond acceptors (Lipinski definition) is 4. The van der Waals surface area contributed by atoms with Gasteiger partial charge in [-0.2, -0.15) is 4.90 Å². The van der Waals surface area contributed by atoms with Crippen molar-refractivity contribution in [2.75, 3.05) is 18.1 Å². The van der Waals surface area contributed by atoms with Crippen LogP contribution in [-0.2, 0) is 9.47 Å². The van der Waals surface area contributed by atoms with E-state index in [2.05, 4.69) is 9.47 Å². The Balaban J connectivity index is 3.42. The Hall–Kier alpha value is -2.25. The number of nitrogens with zero attached hydrogens (tertiary/aromatic N) is 1. The van der Waals surface area contributed by atoms with Gasteiger partial charge >= 0.3 is 12.2 Å². The molecule has 0 fully saturated rings. The minimum atomic E-state index is -1.80. The van der Waals surface area contributed by atoms with Crippen molar-refractivity contribution in [2.45, 2.75) is 20.8 Å². The number of amides is 2. The maximum Gasteiger partial charge on any atom is 0.424 e. The maximum absolute atomic E-state index is 13.9. The molecule has 0 spiro atoms. The molecule has 0 unspecified atom stereocenters. The summed E-state index contributed by atoms with van der Waals surface area (Å²) in [7, 11) is 0. The molecular formula is C13H14F3NO4. The first kappa shape index (κ1) is 16.8. The van der Waals surface area contributed by atoms with Crippen LogP contribution in [0.1, 0.15) is 19.4 Å². The van der Waals surface area contributed by atoms with E-state index in [9.17, 15) is 22.8 Å². The molecule has 1 aromatic rings. The van der Waals surface area contributed by atoms with Crippen LogP contribution >= 0.6 is 0 Å². The molecule has 0 N–H and O–H groups in total. The topological polar surface area (TPSA) is 55.8 Å². The van der Waals surface area contributed by atoms with Gasteiger partial charge in [0.15, 0.2) is 17.5 Å². The number of benzene rings is 1. The van der Waals surface area contributed by atoms with Gasteiger partial charge in [0.1, 0.15) is 5.69 Å². The second kappa shape index (κ2) is 6.96. The summed E-state index contributed by atoms with van der Waals surface area (Å²) >= 11 is 0. The zero-order valence-corrected chi connectivity index (χ0v) is 11.7. The summed E-state index contributed by atoms with van der Waals surface area (Å²) in [5, 5.41) is 0. The zero-order chi connectivity index (χ0) is 16.2. The molecule has 0 bridgehead atoms. The lowest BCUT2D eigenvalue weighted by molar-refractivity contribution is 0.140. The van der Waals surface area contributed by atoms with Crippen molar-refractivity contribution >= 4 is 17.9 Å². The standard InChI is InChI=1S/C13H14F3NO4/c1-4-20-12(18)17(13(19)21-5-2)11-7(3)6-8(14)9(15)10(11)16/h6H,4-5H2,1-3H3. The largest absolute Gasteiger partial charge is 0.449 e. The number of carbonyl (C=O) groups excluding carboxylic acids is 2. The van der Waals surface area contributed by atoms with Crippen molar-refractivity contribution in [2.24, 2.45) is 0 Å². The van der Waals surface area contributed by atoms with E-state index in [1.54, 1.807) is 0 Å². The van der Waals surface area contributed by atoms with Crippen molar-refractivity contribution in [3.8, 4) is 0 Å². The number of aryl methyl sites for hydroxylation is 1. The van der Waals surface area contributed by atoms with Crippen molar-refractivity contribution in [1.29, 1.82) is 0 Å². The highest BCUT2D eigenvalue weighted by molar-refractivity contribution is 6.10. The Bertz CT molecular complexity index is 545. The Morgan fingerprint density at radius 3 is 1.95 bits per heavy atom. The Morgan fingerprint density at radius 1 is 1.05 bits per heavy atom. The molecule has 2 amide bonds. The number of ether oxygens (including phenoxy) is 2. The molecule has 1 aromatic carbocycles. The SMILES string of the molecule is CCOC(=O)N(C(=O)OCC)c1c(C)cc(F)c(F)c1F. The van der Waals surface area contributed by atoms with Gasteiger partial charge in [-0.3, -0.25) is 0 Å². The van der Waals surface area contributed by atoms with Gasteiger partial charge in [0.25, 0.3) is 0 Å². The highest BCUT2D eigenvalue weighted by Gasteiger charge is 2.32. The Kier molecular flexibility index (Phi) is 5.57. The molecule has 0 aromatic heterocycles. The first-order chi connectivity index (χ1) is 9.84. The molecule has 0 radical (unpaired) electrons. The third kappa shape index (κ3) is 3.45. The van der Waals surface area contributed by atoms with Crippen LogP contribution in [0, 0.1) is 24.4 Å². The summed E-state index contributed by atoms with van der Waals surface area (Å²) in [5.74, 6) is -4.90. The van der Waals surface area contributed by atoms with E-state index in [1.807, 2.05) is 0 Å². The van der Waals surface area contributed by atoms with Crippen molar-refractivity contribution in [3.63, 3.8) is 0 Å². The lowest BCUT2D eigenvalue weighted by Crippen LogP contribution is -2.39. The van der Waals surface area contributed by atoms with Gasteiger partial charge in [-0.15, -0.1) is 0 Å². The molecule has 1 rings (SSSR count). The normalized spacial score (nSPS) is 10.2. The molecule has 116 valence electrons. The van der Waals surface area contributed by atoms with Gasteiger partial charge in [0.05, 0.1) is 13.2 Å². The number of imide groups is 1. The number of anilines is 1. The summed E-state index contributed by atoms with van der Waals surface area (Å²) in [6.07, 6.45) is -2.49. The minimum Gasteiger partial charge on any atom is -0.449 e. The molecule has 0 aliphatic heterocycles. The molecule has 0 aliphatic carbocycles. The third-order valence-electron chi connectivity index (χ3n) is 2.45. The summed E-state index contributed by atoms with van der Waals surface area (Å²) in [6, 6.07) is 0.666. The fourth-order valence-electron chi connectivity index (χ4n) is 1.61. The first-order valence-electron chi connectivity index (χ1n) is 6.12. The Morgan fingerprint density at radius 2 is 1.52 bits per heavy atom. The van der Waals surface area contributed by atoms with Crippen molar-refractivity contribution < 1.29 is 32.2 Å². The molecule has 0 aliphatic rings. The molecule has 0 saturated heterocycles. The van der Waals surface area contributed by atoms with Crippen molar-refractivity contribution in [3.05, 3.63) is 29.1 Å². The van der Waals surface area contributed by atoms with Crippen LogP contribution in [0.25, 0.3) is 0 Å². The van der Waals surface area contributed by atoms with Gasteiger partial charge in [-0.25, -0.2) is 22.8 Å². The van der Waals surface area contributed by atoms with Gasteiger partial charge in [-0.05, 0) is 32.4 Å². The summed E-state index contributed by atoms with van der Waals surface area (Å²) in [5.41, 5.74) is -0.904. The van der Waals surface area contributed by atoms with Gasteiger partial charge in [0, 0.05) is 0 Å². The van der Waals surface area contributed by atoms with Gasteiger partial charge in [-0.1, -0.05) is 0 Å². The van der Waals surface area contributed by atoms with Crippen LogP contribution in [0.15, 0.2) is 6.07 Å². The summed E-state index contributed by atoms with van der Waals surface area (Å²) in [4.78, 5) is 23.8. The molecule has 8 heteroatoms. The lowest BCUT2D eigenvalue weighted by atomic mass is 10.1. The maximum atomic E-state index is 13.9. The average molecular weight is 305 g/mol. The summed E-state index contributed by atoms with van der Waals surface area (Å²) in [6.45, 7) is 3.95.